The molecule has 5 nitrogen and oxygen atoms in total. The van der Waals surface area contributed by atoms with E-state index < -0.39 is 5.97 Å². The van der Waals surface area contributed by atoms with Crippen molar-refractivity contribution in [3.05, 3.63) is 40.7 Å². The number of unbranched alkanes of at least 4 members (excludes halogenated alkanes) is 1. The molecular formula is C14H16ClN3O2. The van der Waals surface area contributed by atoms with Crippen molar-refractivity contribution in [2.24, 2.45) is 0 Å². The van der Waals surface area contributed by atoms with Crippen LogP contribution in [0.3, 0.4) is 0 Å². The maximum Gasteiger partial charge on any atom is 0.303 e. The lowest BCUT2D eigenvalue weighted by Gasteiger charge is -2.02. The van der Waals surface area contributed by atoms with Crippen LogP contribution in [-0.4, -0.2) is 26.1 Å². The molecule has 0 aliphatic heterocycles. The molecule has 0 aliphatic carbocycles. The average molecular weight is 294 g/mol. The fraction of sp³-hybridized carbons (Fsp3) is 0.357. The highest BCUT2D eigenvalue weighted by Gasteiger charge is 2.05. The van der Waals surface area contributed by atoms with Crippen molar-refractivity contribution >= 4 is 17.6 Å². The Morgan fingerprint density at radius 1 is 1.40 bits per heavy atom. The quantitative estimate of drug-likeness (QED) is 0.831. The molecule has 0 spiro atoms. The summed E-state index contributed by atoms with van der Waals surface area (Å²) in [5.74, 6) is -0.761. The van der Waals surface area contributed by atoms with Crippen LogP contribution in [0.5, 0.6) is 0 Å². The minimum Gasteiger partial charge on any atom is -0.481 e. The summed E-state index contributed by atoms with van der Waals surface area (Å²) in [4.78, 5) is 10.4. The predicted octanol–water partition coefficient (Wildman–Crippen LogP) is 3.03. The lowest BCUT2D eigenvalue weighted by atomic mass is 10.1. The van der Waals surface area contributed by atoms with Crippen molar-refractivity contribution in [1.29, 1.82) is 0 Å². The lowest BCUT2D eigenvalue weighted by Crippen LogP contribution is -1.95. The van der Waals surface area contributed by atoms with Gasteiger partial charge in [0.05, 0.1) is 17.6 Å². The topological polar surface area (TPSA) is 68.0 Å². The summed E-state index contributed by atoms with van der Waals surface area (Å²) in [7, 11) is 0. The van der Waals surface area contributed by atoms with E-state index in [2.05, 4.69) is 10.3 Å². The molecule has 6 heteroatoms. The zero-order chi connectivity index (χ0) is 14.5. The van der Waals surface area contributed by atoms with Gasteiger partial charge in [0.25, 0.3) is 0 Å². The fourth-order valence-corrected chi connectivity index (χ4v) is 2.02. The molecule has 0 bridgehead atoms. The number of aliphatic carboxylic acids is 1. The summed E-state index contributed by atoms with van der Waals surface area (Å²) < 4.78 is 1.68. The molecule has 0 fully saturated rings. The van der Waals surface area contributed by atoms with E-state index >= 15 is 0 Å². The van der Waals surface area contributed by atoms with Crippen molar-refractivity contribution in [2.45, 2.75) is 32.6 Å². The van der Waals surface area contributed by atoms with Gasteiger partial charge >= 0.3 is 5.97 Å². The molecule has 1 aromatic heterocycles. The second kappa shape index (κ2) is 6.52. The van der Waals surface area contributed by atoms with Crippen LogP contribution in [0.25, 0.3) is 5.69 Å². The highest BCUT2D eigenvalue weighted by molar-refractivity contribution is 6.31. The Morgan fingerprint density at radius 3 is 2.90 bits per heavy atom. The first kappa shape index (κ1) is 14.5. The standard InChI is InChI=1S/C14H16ClN3O2/c1-10-6-7-12(8-13(10)15)18-9-11(16-17-18)4-2-3-5-14(19)20/h6-9H,2-5H2,1H3,(H,19,20). The van der Waals surface area contributed by atoms with Gasteiger partial charge in [0.2, 0.25) is 0 Å². The summed E-state index contributed by atoms with van der Waals surface area (Å²) in [5.41, 5.74) is 2.74. The molecule has 2 aromatic rings. The molecule has 0 saturated heterocycles. The maximum absolute atomic E-state index is 10.4. The van der Waals surface area contributed by atoms with Crippen LogP contribution in [0.2, 0.25) is 5.02 Å². The van der Waals surface area contributed by atoms with E-state index in [-0.39, 0.29) is 6.42 Å². The number of carboxylic acid groups (broad SMARTS) is 1. The third-order valence-corrected chi connectivity index (χ3v) is 3.44. The lowest BCUT2D eigenvalue weighted by molar-refractivity contribution is -0.137. The molecule has 0 radical (unpaired) electrons. The first-order valence-corrected chi connectivity index (χ1v) is 6.83. The van der Waals surface area contributed by atoms with Gasteiger partial charge in [0.15, 0.2) is 0 Å². The van der Waals surface area contributed by atoms with E-state index in [9.17, 15) is 4.79 Å². The largest absolute Gasteiger partial charge is 0.481 e. The van der Waals surface area contributed by atoms with E-state index in [1.165, 1.54) is 0 Å². The average Bonchev–Trinajstić information content (AvgIpc) is 2.86. The van der Waals surface area contributed by atoms with Crippen LogP contribution >= 0.6 is 11.6 Å². The van der Waals surface area contributed by atoms with E-state index in [4.69, 9.17) is 16.7 Å². The van der Waals surface area contributed by atoms with Crippen LogP contribution in [0.15, 0.2) is 24.4 Å². The minimum atomic E-state index is -0.761. The number of carboxylic acids is 1. The van der Waals surface area contributed by atoms with E-state index in [1.807, 2.05) is 31.3 Å². The molecule has 20 heavy (non-hydrogen) atoms. The van der Waals surface area contributed by atoms with Gasteiger partial charge in [-0.3, -0.25) is 4.79 Å². The van der Waals surface area contributed by atoms with Crippen molar-refractivity contribution in [1.82, 2.24) is 15.0 Å². The third-order valence-electron chi connectivity index (χ3n) is 3.03. The number of rotatable bonds is 6. The minimum absolute atomic E-state index is 0.196. The normalized spacial score (nSPS) is 10.7. The molecule has 1 heterocycles. The predicted molar refractivity (Wildman–Crippen MR) is 76.3 cm³/mol. The number of aromatic nitrogens is 3. The van der Waals surface area contributed by atoms with Gasteiger partial charge in [0, 0.05) is 11.4 Å². The fourth-order valence-electron chi connectivity index (χ4n) is 1.85. The SMILES string of the molecule is Cc1ccc(-n2cc(CCCCC(=O)O)nn2)cc1Cl. The number of benzene rings is 1. The number of aryl methyl sites for hydroxylation is 2. The van der Waals surface area contributed by atoms with E-state index in [0.717, 1.165) is 29.8 Å². The van der Waals surface area contributed by atoms with E-state index in [1.54, 1.807) is 4.68 Å². The third kappa shape index (κ3) is 3.81. The molecule has 2 rings (SSSR count). The van der Waals surface area contributed by atoms with Crippen molar-refractivity contribution < 1.29 is 9.90 Å². The highest BCUT2D eigenvalue weighted by atomic mass is 35.5. The Kier molecular flexibility index (Phi) is 4.74. The Hall–Kier alpha value is -1.88. The monoisotopic (exact) mass is 293 g/mol. The van der Waals surface area contributed by atoms with Crippen LogP contribution in [-0.2, 0) is 11.2 Å². The number of halogens is 1. The van der Waals surface area contributed by atoms with Crippen molar-refractivity contribution in [3.8, 4) is 5.69 Å². The number of hydrogen-bond acceptors (Lipinski definition) is 3. The second-order valence-electron chi connectivity index (χ2n) is 4.69. The Morgan fingerprint density at radius 2 is 2.20 bits per heavy atom. The summed E-state index contributed by atoms with van der Waals surface area (Å²) in [5, 5.41) is 17.4. The molecule has 1 aromatic carbocycles. The number of carbonyl (C=O) groups is 1. The number of hydrogen-bond donors (Lipinski definition) is 1. The molecule has 0 saturated carbocycles. The van der Waals surface area contributed by atoms with Gasteiger partial charge in [-0.25, -0.2) is 4.68 Å². The van der Waals surface area contributed by atoms with Crippen LogP contribution in [0, 0.1) is 6.92 Å². The number of nitrogens with zero attached hydrogens (tertiary/aromatic N) is 3. The molecular weight excluding hydrogens is 278 g/mol. The smallest absolute Gasteiger partial charge is 0.303 e. The van der Waals surface area contributed by atoms with E-state index in [0.29, 0.717) is 11.4 Å². The summed E-state index contributed by atoms with van der Waals surface area (Å²) in [6, 6.07) is 5.72. The van der Waals surface area contributed by atoms with Gasteiger partial charge in [-0.1, -0.05) is 22.9 Å². The van der Waals surface area contributed by atoms with Crippen molar-refractivity contribution in [2.75, 3.05) is 0 Å². The Balaban J connectivity index is 1.97. The van der Waals surface area contributed by atoms with Gasteiger partial charge < -0.3 is 5.11 Å². The van der Waals surface area contributed by atoms with Crippen LogP contribution < -0.4 is 0 Å². The molecule has 0 amide bonds. The summed E-state index contributed by atoms with van der Waals surface area (Å²) in [6.45, 7) is 1.95. The van der Waals surface area contributed by atoms with Crippen LogP contribution in [0.4, 0.5) is 0 Å². The Bertz CT molecular complexity index is 610. The second-order valence-corrected chi connectivity index (χ2v) is 5.10. The van der Waals surface area contributed by atoms with Gasteiger partial charge in [-0.2, -0.15) is 0 Å². The molecule has 0 atom stereocenters. The molecule has 0 aliphatic rings. The van der Waals surface area contributed by atoms with Gasteiger partial charge in [-0.05, 0) is 43.9 Å². The summed E-state index contributed by atoms with van der Waals surface area (Å²) in [6.07, 6.45) is 4.22. The van der Waals surface area contributed by atoms with Crippen LogP contribution in [0.1, 0.15) is 30.5 Å². The zero-order valence-electron chi connectivity index (χ0n) is 11.2. The summed E-state index contributed by atoms with van der Waals surface area (Å²) >= 11 is 6.09. The molecule has 0 unspecified atom stereocenters. The van der Waals surface area contributed by atoms with Gasteiger partial charge in [0.1, 0.15) is 0 Å². The molecule has 1 N–H and O–H groups in total. The Labute approximate surface area is 122 Å². The van der Waals surface area contributed by atoms with Crippen molar-refractivity contribution in [3.63, 3.8) is 0 Å². The first-order chi connectivity index (χ1) is 9.56. The maximum atomic E-state index is 10.4. The zero-order valence-corrected chi connectivity index (χ0v) is 12.0. The van der Waals surface area contributed by atoms with Gasteiger partial charge in [-0.15, -0.1) is 5.10 Å². The molecule has 106 valence electrons. The first-order valence-electron chi connectivity index (χ1n) is 6.46. The highest BCUT2D eigenvalue weighted by Crippen LogP contribution is 2.19.